The monoisotopic (exact) mass is 526 g/mol. The third-order valence-corrected chi connectivity index (χ3v) is 0. The predicted molar refractivity (Wildman–Crippen MR) is 8.54 cm³/mol. The van der Waals surface area contributed by atoms with Crippen LogP contribution in [-0.4, -0.2) is 23.9 Å². The van der Waals surface area contributed by atoms with Crippen molar-refractivity contribution in [3.05, 3.63) is 0 Å². The van der Waals surface area contributed by atoms with Crippen LogP contribution < -0.4 is 0 Å². The maximum atomic E-state index is 0. The van der Waals surface area contributed by atoms with E-state index in [0.717, 1.165) is 0 Å². The molecule has 30 valence electrons. The van der Waals surface area contributed by atoms with Crippen molar-refractivity contribution >= 4 is 23.9 Å². The van der Waals surface area contributed by atoms with Crippen molar-refractivity contribution in [2.45, 2.75) is 0 Å². The summed E-state index contributed by atoms with van der Waals surface area (Å²) in [5.41, 5.74) is 0. The molecule has 0 bridgehead atoms. The van der Waals surface area contributed by atoms with Gasteiger partial charge in [-0.3, -0.25) is 0 Å². The second kappa shape index (κ2) is 26.6. The summed E-state index contributed by atoms with van der Waals surface area (Å²) in [5, 5.41) is 0. The van der Waals surface area contributed by atoms with Crippen molar-refractivity contribution in [2.24, 2.45) is 0 Å². The first kappa shape index (κ1) is 40.7. The molecule has 0 aromatic heterocycles. The van der Waals surface area contributed by atoms with E-state index in [0.29, 0.717) is 0 Å². The molecule has 0 N–H and O–H groups in total. The molecule has 0 saturated heterocycles. The van der Waals surface area contributed by atoms with E-state index in [1.807, 2.05) is 0 Å². The molecule has 0 nitrogen and oxygen atoms in total. The van der Waals surface area contributed by atoms with E-state index in [1.54, 1.807) is 0 Å². The molecule has 0 unspecified atom stereocenters. The molecule has 0 atom stereocenters. The summed E-state index contributed by atoms with van der Waals surface area (Å²) in [6, 6.07) is 0. The van der Waals surface area contributed by atoms with Gasteiger partial charge in [0.2, 0.25) is 0 Å². The van der Waals surface area contributed by atoms with Crippen LogP contribution in [0.4, 0.5) is 0 Å². The van der Waals surface area contributed by atoms with Crippen LogP contribution in [0.25, 0.3) is 0 Å². The van der Waals surface area contributed by atoms with E-state index in [4.69, 9.17) is 0 Å². The molecule has 0 aromatic rings. The summed E-state index contributed by atoms with van der Waals surface area (Å²) in [4.78, 5) is 0. The molecular formula is H2MoNiSnWZn. The van der Waals surface area contributed by atoms with Crippen LogP contribution in [0.5, 0.6) is 0 Å². The minimum Gasteiger partial charge on any atom is 0 e. The molecule has 0 saturated carbocycles. The summed E-state index contributed by atoms with van der Waals surface area (Å²) < 4.78 is 0. The molecule has 0 heterocycles. The number of hydrogen-bond acceptors (Lipinski definition) is 0. The number of rotatable bonds is 0. The van der Waals surface area contributed by atoms with E-state index >= 15 is 0 Å². The molecule has 0 fully saturated rings. The Morgan fingerprint density at radius 1 is 1.00 bits per heavy atom. The first-order valence-electron chi connectivity index (χ1n) is 0. The molecular weight excluding hydrogens is 523 g/mol. The van der Waals surface area contributed by atoms with Gasteiger partial charge in [0.05, 0.1) is 0 Å². The van der Waals surface area contributed by atoms with Gasteiger partial charge in [-0.2, -0.15) is 0 Å². The minimum atomic E-state index is 0. The fourth-order valence-electron chi connectivity index (χ4n) is 0. The van der Waals surface area contributed by atoms with Crippen molar-refractivity contribution in [2.75, 3.05) is 0 Å². The predicted octanol–water partition coefficient (Wildman–Crippen LogP) is -0.926. The van der Waals surface area contributed by atoms with Crippen LogP contribution >= 0.6 is 0 Å². The fourth-order valence-corrected chi connectivity index (χ4v) is 0. The average molecular weight is 525 g/mol. The van der Waals surface area contributed by atoms with Crippen LogP contribution in [0.15, 0.2) is 0 Å². The summed E-state index contributed by atoms with van der Waals surface area (Å²) in [6.45, 7) is 0. The van der Waals surface area contributed by atoms with Gasteiger partial charge in [0.25, 0.3) is 0 Å². The molecule has 0 aliphatic heterocycles. The molecule has 5 heavy (non-hydrogen) atoms. The zero-order valence-electron chi connectivity index (χ0n) is 2.55. The molecule has 0 amide bonds. The molecule has 0 rings (SSSR count). The summed E-state index contributed by atoms with van der Waals surface area (Å²) >= 11 is 0. The molecule has 0 aliphatic rings. The molecule has 5 heteroatoms. The van der Waals surface area contributed by atoms with Gasteiger partial charge in [0, 0.05) is 78.1 Å². The van der Waals surface area contributed by atoms with Crippen LogP contribution in [-0.2, 0) is 78.1 Å². The third-order valence-electron chi connectivity index (χ3n) is 0. The minimum absolute atomic E-state index is 0. The van der Waals surface area contributed by atoms with Crippen LogP contribution in [0.3, 0.4) is 0 Å². The largest absolute Gasteiger partial charge is 0 e. The number of hydrogen-bond donors (Lipinski definition) is 0. The Morgan fingerprint density at radius 3 is 1.00 bits per heavy atom. The maximum Gasteiger partial charge on any atom is 0 e. The van der Waals surface area contributed by atoms with Gasteiger partial charge in [-0.1, -0.05) is 0 Å². The van der Waals surface area contributed by atoms with Crippen molar-refractivity contribution in [1.29, 1.82) is 0 Å². The molecule has 0 aliphatic carbocycles. The Hall–Kier alpha value is 3.29. The van der Waals surface area contributed by atoms with E-state index in [-0.39, 0.29) is 102 Å². The van der Waals surface area contributed by atoms with Gasteiger partial charge in [0.1, 0.15) is 0 Å². The summed E-state index contributed by atoms with van der Waals surface area (Å²) in [7, 11) is 0. The second-order valence-electron chi connectivity index (χ2n) is 0. The van der Waals surface area contributed by atoms with Gasteiger partial charge in [-0.15, -0.1) is 0 Å². The van der Waals surface area contributed by atoms with Crippen molar-refractivity contribution < 1.29 is 78.1 Å². The van der Waals surface area contributed by atoms with Crippen LogP contribution in [0.1, 0.15) is 0 Å². The Kier molecular flexibility index (Phi) is 217. The quantitative estimate of drug-likeness (QED) is 0.360. The first-order chi connectivity index (χ1) is 0. The fraction of sp³-hybridized carbons (Fsp3) is 0. The third kappa shape index (κ3) is 18.8. The van der Waals surface area contributed by atoms with E-state index < -0.39 is 0 Å². The molecule has 0 aromatic carbocycles. The maximum absolute atomic E-state index is 0. The molecule has 2 radical (unpaired) electrons. The zero-order chi connectivity index (χ0) is 0. The van der Waals surface area contributed by atoms with Gasteiger partial charge in [0.15, 0.2) is 0 Å². The molecule has 0 spiro atoms. The first-order valence-corrected chi connectivity index (χ1v) is 0. The summed E-state index contributed by atoms with van der Waals surface area (Å²) in [5.74, 6) is 0. The summed E-state index contributed by atoms with van der Waals surface area (Å²) in [6.07, 6.45) is 0. The SMILES string of the molecule is [Mo].[Ni].[SnH2].[W].[Zn]. The Morgan fingerprint density at radius 2 is 1.00 bits per heavy atom. The van der Waals surface area contributed by atoms with Crippen molar-refractivity contribution in [1.82, 2.24) is 0 Å². The van der Waals surface area contributed by atoms with Gasteiger partial charge in [-0.25, -0.2) is 0 Å². The van der Waals surface area contributed by atoms with Crippen molar-refractivity contribution in [3.63, 3.8) is 0 Å². The standard InChI is InChI=1S/Mo.Ni.Sn.W.Zn.2H. The van der Waals surface area contributed by atoms with E-state index in [9.17, 15) is 0 Å². The van der Waals surface area contributed by atoms with Crippen LogP contribution in [0.2, 0.25) is 0 Å². The van der Waals surface area contributed by atoms with Gasteiger partial charge >= 0.3 is 23.9 Å². The van der Waals surface area contributed by atoms with Crippen LogP contribution in [0, 0.1) is 0 Å². The Bertz CT molecular complexity index is 11.6. The Balaban J connectivity index is 0. The van der Waals surface area contributed by atoms with Crippen molar-refractivity contribution in [3.8, 4) is 0 Å². The van der Waals surface area contributed by atoms with E-state index in [1.165, 1.54) is 0 Å². The average Bonchev–Trinajstić information content (AvgIpc) is 0. The zero-order valence-corrected chi connectivity index (χ0v) is 15.5. The smallest absolute Gasteiger partial charge is 0 e. The topological polar surface area (TPSA) is 0 Å². The van der Waals surface area contributed by atoms with E-state index in [2.05, 4.69) is 0 Å². The van der Waals surface area contributed by atoms with Gasteiger partial charge < -0.3 is 0 Å². The van der Waals surface area contributed by atoms with Gasteiger partial charge in [-0.05, 0) is 0 Å². The second-order valence-corrected chi connectivity index (χ2v) is 0. The normalized spacial score (nSPS) is 0. The Labute approximate surface area is 100 Å².